The minimum atomic E-state index is -3.99. The van der Waals surface area contributed by atoms with Crippen molar-refractivity contribution in [2.75, 3.05) is 78.1 Å². The van der Waals surface area contributed by atoms with Crippen molar-refractivity contribution < 1.29 is 32.2 Å². The van der Waals surface area contributed by atoms with E-state index >= 15 is 0 Å². The number of sulfonamides is 1. The fourth-order valence-corrected chi connectivity index (χ4v) is 11.0. The topological polar surface area (TPSA) is 118 Å². The second kappa shape index (κ2) is 15.8. The second-order valence-electron chi connectivity index (χ2n) is 16.3. The van der Waals surface area contributed by atoms with Crippen molar-refractivity contribution in [2.24, 2.45) is 17.8 Å². The molecule has 2 fully saturated rings. The number of allylic oxidation sites excluding steroid dienone is 1. The van der Waals surface area contributed by atoms with Gasteiger partial charge in [-0.05, 0) is 105 Å². The lowest BCUT2D eigenvalue weighted by atomic mass is 9.63. The van der Waals surface area contributed by atoms with E-state index in [4.69, 9.17) is 25.8 Å². The van der Waals surface area contributed by atoms with Crippen LogP contribution in [-0.4, -0.2) is 114 Å². The average Bonchev–Trinajstić information content (AvgIpc) is 3.29. The number of aryl methyl sites for hydroxylation is 1. The minimum absolute atomic E-state index is 0.00263. The highest BCUT2D eigenvalue weighted by Crippen LogP contribution is 2.49. The predicted molar refractivity (Wildman–Crippen MR) is 210 cm³/mol. The van der Waals surface area contributed by atoms with Gasteiger partial charge >= 0.3 is 0 Å². The summed E-state index contributed by atoms with van der Waals surface area (Å²) in [4.78, 5) is 32.9. The molecule has 2 amide bonds. The van der Waals surface area contributed by atoms with Crippen molar-refractivity contribution in [3.8, 4) is 5.75 Å². The van der Waals surface area contributed by atoms with Crippen LogP contribution in [0.15, 0.2) is 48.6 Å². The first kappa shape index (κ1) is 39.1. The van der Waals surface area contributed by atoms with Gasteiger partial charge in [-0.25, -0.2) is 13.1 Å². The van der Waals surface area contributed by atoms with Gasteiger partial charge in [0.05, 0.1) is 17.5 Å². The molecule has 1 N–H and O–H groups in total. The monoisotopic (exact) mass is 782 g/mol. The van der Waals surface area contributed by atoms with Crippen LogP contribution in [0.25, 0.3) is 0 Å². The van der Waals surface area contributed by atoms with Crippen LogP contribution in [0, 0.1) is 17.8 Å². The number of methoxy groups -OCH3 is 2. The number of halogens is 1. The summed E-state index contributed by atoms with van der Waals surface area (Å²) in [7, 11) is -0.651. The third-order valence-corrected chi connectivity index (χ3v) is 15.2. The van der Waals surface area contributed by atoms with Crippen LogP contribution in [-0.2, 0) is 36.1 Å². The molecule has 6 atom stereocenters. The molecule has 0 aromatic heterocycles. The molecule has 13 heteroatoms. The number of nitrogens with one attached hydrogen (secondary N) is 1. The fraction of sp³-hybridized carbons (Fsp3) is 0.610. The van der Waals surface area contributed by atoms with Gasteiger partial charge in [0.1, 0.15) is 18.0 Å². The summed E-state index contributed by atoms with van der Waals surface area (Å²) in [6.45, 7) is 8.90. The smallest absolute Gasteiger partial charge is 0.264 e. The zero-order chi connectivity index (χ0) is 38.3. The average molecular weight is 783 g/mol. The SMILES string of the molecule is COCC(=O)N1CCN(C[C@]2(OC)/C=C/C[C@H](C)[C@@H](C)S(=O)(=O)NC(=O)c3ccc4c(c3)N(C[C@@H]3CC[C@H]32)C[C@@]2(CCCc3cc(Cl)ccc32)CO4)CC1. The van der Waals surface area contributed by atoms with E-state index in [0.29, 0.717) is 45.0 Å². The van der Waals surface area contributed by atoms with Crippen molar-refractivity contribution in [1.29, 1.82) is 0 Å². The predicted octanol–water partition coefficient (Wildman–Crippen LogP) is 5.06. The highest BCUT2D eigenvalue weighted by atomic mass is 35.5. The molecule has 1 saturated heterocycles. The summed E-state index contributed by atoms with van der Waals surface area (Å²) in [5, 5.41) is -0.0854. The van der Waals surface area contributed by atoms with E-state index < -0.39 is 26.8 Å². The Morgan fingerprint density at radius 1 is 1.07 bits per heavy atom. The van der Waals surface area contributed by atoms with E-state index in [1.165, 1.54) is 11.1 Å². The molecule has 3 heterocycles. The lowest BCUT2D eigenvalue weighted by molar-refractivity contribution is -0.138. The molecule has 5 aliphatic rings. The minimum Gasteiger partial charge on any atom is -0.490 e. The van der Waals surface area contributed by atoms with Crippen LogP contribution >= 0.6 is 11.6 Å². The normalized spacial score (nSPS) is 32.0. The van der Waals surface area contributed by atoms with Gasteiger partial charge in [-0.1, -0.05) is 36.7 Å². The molecule has 2 aromatic rings. The second-order valence-corrected chi connectivity index (χ2v) is 18.8. The Labute approximate surface area is 325 Å². The van der Waals surface area contributed by atoms with E-state index in [9.17, 15) is 18.0 Å². The molecule has 7 rings (SSSR count). The molecule has 2 aromatic carbocycles. The first-order valence-electron chi connectivity index (χ1n) is 19.5. The zero-order valence-corrected chi connectivity index (χ0v) is 33.6. The molecule has 54 heavy (non-hydrogen) atoms. The van der Waals surface area contributed by atoms with Gasteiger partial charge in [0.25, 0.3) is 5.91 Å². The van der Waals surface area contributed by atoms with Gasteiger partial charge in [0, 0.05) is 76.0 Å². The molecule has 2 aliphatic carbocycles. The summed E-state index contributed by atoms with van der Waals surface area (Å²) >= 11 is 6.49. The maximum atomic E-state index is 13.6. The zero-order valence-electron chi connectivity index (χ0n) is 32.0. The van der Waals surface area contributed by atoms with E-state index in [0.717, 1.165) is 62.4 Å². The van der Waals surface area contributed by atoms with Crippen molar-refractivity contribution in [3.63, 3.8) is 0 Å². The number of fused-ring (bicyclic) bond motifs is 4. The summed E-state index contributed by atoms with van der Waals surface area (Å²) in [5.74, 6) is 0.247. The first-order chi connectivity index (χ1) is 25.9. The van der Waals surface area contributed by atoms with Crippen LogP contribution < -0.4 is 14.4 Å². The van der Waals surface area contributed by atoms with E-state index in [1.54, 1.807) is 27.2 Å². The van der Waals surface area contributed by atoms with Crippen LogP contribution in [0.2, 0.25) is 5.02 Å². The van der Waals surface area contributed by atoms with Gasteiger partial charge in [0.2, 0.25) is 15.9 Å². The fourth-order valence-electron chi connectivity index (χ4n) is 9.53. The van der Waals surface area contributed by atoms with Crippen molar-refractivity contribution in [2.45, 2.75) is 68.6 Å². The molecule has 294 valence electrons. The molecule has 3 aliphatic heterocycles. The number of hydrogen-bond acceptors (Lipinski definition) is 9. The maximum absolute atomic E-state index is 13.6. The number of hydrogen-bond donors (Lipinski definition) is 1. The Morgan fingerprint density at radius 3 is 2.59 bits per heavy atom. The van der Waals surface area contributed by atoms with Crippen molar-refractivity contribution in [1.82, 2.24) is 14.5 Å². The molecular weight excluding hydrogens is 728 g/mol. The number of ether oxygens (including phenoxy) is 3. The van der Waals surface area contributed by atoms with Crippen molar-refractivity contribution >= 4 is 39.1 Å². The third kappa shape index (κ3) is 7.65. The van der Waals surface area contributed by atoms with E-state index in [-0.39, 0.29) is 41.2 Å². The quantitative estimate of drug-likeness (QED) is 0.416. The Morgan fingerprint density at radius 2 is 1.87 bits per heavy atom. The summed E-state index contributed by atoms with van der Waals surface area (Å²) < 4.78 is 48.0. The number of nitrogens with zero attached hydrogens (tertiary/aromatic N) is 3. The van der Waals surface area contributed by atoms with Crippen LogP contribution in [0.4, 0.5) is 5.69 Å². The number of carbonyl (C=O) groups excluding carboxylic acids is 2. The summed E-state index contributed by atoms with van der Waals surface area (Å²) in [6.07, 6.45) is 9.72. The lowest BCUT2D eigenvalue weighted by Gasteiger charge is -2.52. The van der Waals surface area contributed by atoms with Gasteiger partial charge in [0.15, 0.2) is 0 Å². The molecule has 1 saturated carbocycles. The number of amides is 2. The number of carbonyl (C=O) groups is 2. The standard InChI is InChI=1S/C41H55ClN4O7S/c1-28-7-5-16-41(52-4,26-44-17-19-45(20-18-44)38(47)24-51-3)35-12-9-32(35)23-46-25-40(15-6-8-30-21-33(42)11-13-34(30)40)27-53-37-14-10-31(22-36(37)46)39(48)43-54(49,50)29(28)2/h5,10-11,13-14,16,21-22,28-29,32,35H,6-9,12,15,17-20,23-27H2,1-4H3,(H,43,48)/b16-5+/t28-,29+,32-,35+,40-,41+/m0/s1. The Hall–Kier alpha value is -3.16. The molecule has 11 nitrogen and oxygen atoms in total. The van der Waals surface area contributed by atoms with Crippen LogP contribution in [0.3, 0.4) is 0 Å². The Bertz CT molecular complexity index is 1870. The number of rotatable bonds is 5. The number of anilines is 1. The highest BCUT2D eigenvalue weighted by molar-refractivity contribution is 7.90. The third-order valence-electron chi connectivity index (χ3n) is 13.1. The summed E-state index contributed by atoms with van der Waals surface area (Å²) in [5.41, 5.74) is 2.66. The van der Waals surface area contributed by atoms with Crippen LogP contribution in [0.5, 0.6) is 5.75 Å². The Balaban J connectivity index is 1.27. The Kier molecular flexibility index (Phi) is 11.4. The first-order valence-corrected chi connectivity index (χ1v) is 21.4. The molecule has 0 unspecified atom stereocenters. The van der Waals surface area contributed by atoms with Gasteiger partial charge < -0.3 is 24.0 Å². The molecular formula is C41H55ClN4O7S. The maximum Gasteiger partial charge on any atom is 0.264 e. The highest BCUT2D eigenvalue weighted by Gasteiger charge is 2.50. The van der Waals surface area contributed by atoms with Gasteiger partial charge in [-0.3, -0.25) is 14.5 Å². The summed E-state index contributed by atoms with van der Waals surface area (Å²) in [6, 6.07) is 11.5. The van der Waals surface area contributed by atoms with E-state index in [2.05, 4.69) is 38.8 Å². The number of benzene rings is 2. The van der Waals surface area contributed by atoms with Gasteiger partial charge in [-0.2, -0.15) is 0 Å². The molecule has 2 bridgehead atoms. The van der Waals surface area contributed by atoms with Gasteiger partial charge in [-0.15, -0.1) is 0 Å². The lowest BCUT2D eigenvalue weighted by Crippen LogP contribution is -2.59. The molecule has 0 radical (unpaired) electrons. The number of piperazine rings is 1. The largest absolute Gasteiger partial charge is 0.490 e. The van der Waals surface area contributed by atoms with E-state index in [1.807, 2.05) is 30.0 Å². The van der Waals surface area contributed by atoms with Crippen molar-refractivity contribution in [3.05, 3.63) is 70.3 Å². The molecule has 1 spiro atoms. The van der Waals surface area contributed by atoms with Crippen LogP contribution in [0.1, 0.15) is 67.4 Å².